The van der Waals surface area contributed by atoms with E-state index in [1.807, 2.05) is 30.3 Å². The van der Waals surface area contributed by atoms with Gasteiger partial charge < -0.3 is 10.1 Å². The third-order valence-electron chi connectivity index (χ3n) is 2.16. The van der Waals surface area contributed by atoms with E-state index in [4.69, 9.17) is 4.74 Å². The number of nitrogens with one attached hydrogen (secondary N) is 1. The fourth-order valence-electron chi connectivity index (χ4n) is 1.34. The summed E-state index contributed by atoms with van der Waals surface area (Å²) >= 11 is 0. The molecule has 1 aromatic carbocycles. The fourth-order valence-corrected chi connectivity index (χ4v) is 1.34. The van der Waals surface area contributed by atoms with Crippen LogP contribution in [-0.2, 0) is 0 Å². The average Bonchev–Trinajstić information content (AvgIpc) is 2.41. The summed E-state index contributed by atoms with van der Waals surface area (Å²) in [5.41, 5.74) is 0.968. The van der Waals surface area contributed by atoms with E-state index in [2.05, 4.69) is 27.1 Å². The van der Waals surface area contributed by atoms with Gasteiger partial charge in [-0.1, -0.05) is 24.1 Å². The number of aromatic nitrogens is 2. The van der Waals surface area contributed by atoms with Gasteiger partial charge in [0.05, 0.1) is 0 Å². The lowest BCUT2D eigenvalue weighted by atomic mass is 10.3. The molecule has 0 spiro atoms. The van der Waals surface area contributed by atoms with E-state index < -0.39 is 0 Å². The lowest BCUT2D eigenvalue weighted by Gasteiger charge is -2.06. The molecule has 0 unspecified atom stereocenters. The van der Waals surface area contributed by atoms with Crippen molar-refractivity contribution in [3.05, 3.63) is 42.7 Å². The zero-order valence-corrected chi connectivity index (χ0v) is 10.1. The van der Waals surface area contributed by atoms with Gasteiger partial charge >= 0.3 is 0 Å². The molecule has 90 valence electrons. The SMILES string of the molecule is CC#CCOc1cc(Nc2ccccc2)ncn1. The monoisotopic (exact) mass is 239 g/mol. The molecule has 0 bridgehead atoms. The van der Waals surface area contributed by atoms with Crippen LogP contribution in [0.4, 0.5) is 11.5 Å². The Morgan fingerprint density at radius 2 is 2.06 bits per heavy atom. The van der Waals surface area contributed by atoms with Crippen LogP contribution in [0.2, 0.25) is 0 Å². The van der Waals surface area contributed by atoms with Gasteiger partial charge in [0.15, 0.2) is 6.61 Å². The second-order valence-electron chi connectivity index (χ2n) is 3.45. The number of anilines is 2. The molecule has 0 aliphatic rings. The van der Waals surface area contributed by atoms with E-state index >= 15 is 0 Å². The predicted octanol–water partition coefficient (Wildman–Crippen LogP) is 2.62. The first-order valence-corrected chi connectivity index (χ1v) is 5.55. The number of benzene rings is 1. The van der Waals surface area contributed by atoms with Crippen LogP contribution in [0, 0.1) is 11.8 Å². The molecular weight excluding hydrogens is 226 g/mol. The molecule has 0 aliphatic heterocycles. The highest BCUT2D eigenvalue weighted by Gasteiger charge is 1.99. The Balaban J connectivity index is 2.04. The molecule has 2 rings (SSSR count). The van der Waals surface area contributed by atoms with Crippen molar-refractivity contribution in [3.8, 4) is 17.7 Å². The van der Waals surface area contributed by atoms with Gasteiger partial charge in [-0.05, 0) is 19.1 Å². The summed E-state index contributed by atoms with van der Waals surface area (Å²) in [6.07, 6.45) is 1.46. The normalized spacial score (nSPS) is 9.17. The topological polar surface area (TPSA) is 47.0 Å². The smallest absolute Gasteiger partial charge is 0.219 e. The maximum absolute atomic E-state index is 5.36. The zero-order valence-electron chi connectivity index (χ0n) is 10.1. The van der Waals surface area contributed by atoms with Gasteiger partial charge in [0.25, 0.3) is 0 Å². The molecule has 2 aromatic rings. The number of para-hydroxylation sites is 1. The van der Waals surface area contributed by atoms with E-state index in [9.17, 15) is 0 Å². The maximum Gasteiger partial charge on any atom is 0.219 e. The van der Waals surface area contributed by atoms with E-state index in [1.54, 1.807) is 13.0 Å². The number of hydrogen-bond acceptors (Lipinski definition) is 4. The lowest BCUT2D eigenvalue weighted by Crippen LogP contribution is -1.99. The van der Waals surface area contributed by atoms with Crippen LogP contribution in [-0.4, -0.2) is 16.6 Å². The highest BCUT2D eigenvalue weighted by molar-refractivity contribution is 5.56. The van der Waals surface area contributed by atoms with Crippen molar-refractivity contribution in [3.63, 3.8) is 0 Å². The second kappa shape index (κ2) is 6.26. The van der Waals surface area contributed by atoms with Crippen molar-refractivity contribution in [1.82, 2.24) is 9.97 Å². The Morgan fingerprint density at radius 3 is 2.83 bits per heavy atom. The van der Waals surface area contributed by atoms with Gasteiger partial charge in [0, 0.05) is 11.8 Å². The van der Waals surface area contributed by atoms with Gasteiger partial charge in [0.2, 0.25) is 5.88 Å². The third kappa shape index (κ3) is 3.49. The Hall–Kier alpha value is -2.54. The van der Waals surface area contributed by atoms with Crippen molar-refractivity contribution < 1.29 is 4.74 Å². The van der Waals surface area contributed by atoms with Gasteiger partial charge in [0.1, 0.15) is 12.1 Å². The Morgan fingerprint density at radius 1 is 1.22 bits per heavy atom. The van der Waals surface area contributed by atoms with Crippen LogP contribution in [0.1, 0.15) is 6.92 Å². The summed E-state index contributed by atoms with van der Waals surface area (Å²) in [5, 5.41) is 3.17. The molecule has 1 N–H and O–H groups in total. The van der Waals surface area contributed by atoms with E-state index in [0.717, 1.165) is 5.69 Å². The minimum Gasteiger partial charge on any atom is -0.464 e. The number of rotatable bonds is 4. The van der Waals surface area contributed by atoms with Crippen molar-refractivity contribution in [2.45, 2.75) is 6.92 Å². The van der Waals surface area contributed by atoms with E-state index in [1.165, 1.54) is 6.33 Å². The molecule has 0 saturated heterocycles. The lowest BCUT2D eigenvalue weighted by molar-refractivity contribution is 0.355. The Kier molecular flexibility index (Phi) is 4.15. The van der Waals surface area contributed by atoms with Crippen molar-refractivity contribution in [2.24, 2.45) is 0 Å². The van der Waals surface area contributed by atoms with Gasteiger partial charge in [-0.2, -0.15) is 0 Å². The standard InChI is InChI=1S/C14H13N3O/c1-2-3-9-18-14-10-13(15-11-16-14)17-12-7-5-4-6-8-12/h4-8,10-11H,9H2,1H3,(H,15,16,17). The molecular formula is C14H13N3O. The molecule has 18 heavy (non-hydrogen) atoms. The molecule has 1 aromatic heterocycles. The van der Waals surface area contributed by atoms with Gasteiger partial charge in [-0.25, -0.2) is 9.97 Å². The maximum atomic E-state index is 5.36. The molecule has 0 saturated carbocycles. The van der Waals surface area contributed by atoms with Crippen LogP contribution in [0.5, 0.6) is 5.88 Å². The average molecular weight is 239 g/mol. The number of nitrogens with zero attached hydrogens (tertiary/aromatic N) is 2. The molecule has 1 heterocycles. The minimum atomic E-state index is 0.332. The third-order valence-corrected chi connectivity index (χ3v) is 2.16. The van der Waals surface area contributed by atoms with Crippen molar-refractivity contribution >= 4 is 11.5 Å². The molecule has 0 atom stereocenters. The van der Waals surface area contributed by atoms with E-state index in [-0.39, 0.29) is 0 Å². The quantitative estimate of drug-likeness (QED) is 0.833. The van der Waals surface area contributed by atoms with Gasteiger partial charge in [-0.15, -0.1) is 5.92 Å². The molecule has 0 aliphatic carbocycles. The molecule has 0 fully saturated rings. The summed E-state index contributed by atoms with van der Waals surface area (Å²) in [6, 6.07) is 11.5. The molecule has 0 radical (unpaired) electrons. The minimum absolute atomic E-state index is 0.332. The zero-order chi connectivity index (χ0) is 12.6. The fraction of sp³-hybridized carbons (Fsp3) is 0.143. The second-order valence-corrected chi connectivity index (χ2v) is 3.45. The summed E-state index contributed by atoms with van der Waals surface area (Å²) in [6.45, 7) is 2.10. The first kappa shape index (κ1) is 11.9. The highest BCUT2D eigenvalue weighted by atomic mass is 16.5. The summed E-state index contributed by atoms with van der Waals surface area (Å²) in [4.78, 5) is 8.14. The summed E-state index contributed by atoms with van der Waals surface area (Å²) < 4.78 is 5.36. The van der Waals surface area contributed by atoms with Crippen LogP contribution in [0.15, 0.2) is 42.7 Å². The summed E-state index contributed by atoms with van der Waals surface area (Å²) in [7, 11) is 0. The molecule has 0 amide bonds. The van der Waals surface area contributed by atoms with Crippen LogP contribution in [0.3, 0.4) is 0 Å². The Labute approximate surface area is 106 Å². The number of hydrogen-bond donors (Lipinski definition) is 1. The predicted molar refractivity (Wildman–Crippen MR) is 70.7 cm³/mol. The van der Waals surface area contributed by atoms with Crippen LogP contribution in [0.25, 0.3) is 0 Å². The van der Waals surface area contributed by atoms with Gasteiger partial charge in [-0.3, -0.25) is 0 Å². The molecule has 4 nitrogen and oxygen atoms in total. The van der Waals surface area contributed by atoms with Crippen molar-refractivity contribution in [2.75, 3.05) is 11.9 Å². The van der Waals surface area contributed by atoms with E-state index in [0.29, 0.717) is 18.3 Å². The first-order valence-electron chi connectivity index (χ1n) is 5.55. The van der Waals surface area contributed by atoms with Crippen molar-refractivity contribution in [1.29, 1.82) is 0 Å². The van der Waals surface area contributed by atoms with Crippen LogP contribution < -0.4 is 10.1 Å². The molecule has 4 heteroatoms. The highest BCUT2D eigenvalue weighted by Crippen LogP contribution is 2.16. The largest absolute Gasteiger partial charge is 0.464 e. The summed E-state index contributed by atoms with van der Waals surface area (Å²) in [5.74, 6) is 6.77. The van der Waals surface area contributed by atoms with Crippen LogP contribution >= 0.6 is 0 Å². The Bertz CT molecular complexity index is 558. The first-order chi connectivity index (χ1) is 8.88. The number of ether oxygens (including phenoxy) is 1.